The number of amides is 1. The molecule has 1 rings (SSSR count). The van der Waals surface area contributed by atoms with Crippen molar-refractivity contribution < 1.29 is 19.1 Å². The van der Waals surface area contributed by atoms with Gasteiger partial charge in [-0.3, -0.25) is 9.59 Å². The Morgan fingerprint density at radius 1 is 1.33 bits per heavy atom. The fourth-order valence-corrected chi connectivity index (χ4v) is 1.54. The van der Waals surface area contributed by atoms with E-state index < -0.39 is 18.0 Å². The van der Waals surface area contributed by atoms with E-state index in [1.54, 1.807) is 30.3 Å². The van der Waals surface area contributed by atoms with Crippen LogP contribution in [0.25, 0.3) is 0 Å². The standard InChI is InChI=1S/C16H19NO4/c1-4-5-9-15(19)21-12(3)16(20)17-14-8-6-7-13(10-14)11(2)18/h5-10,12H,4H2,1-3H3,(H,17,20)/b9-5+/t12-/m0/s1. The molecule has 112 valence electrons. The van der Waals surface area contributed by atoms with E-state index in [9.17, 15) is 14.4 Å². The normalized spacial score (nSPS) is 12.0. The van der Waals surface area contributed by atoms with Crippen molar-refractivity contribution in [3.8, 4) is 0 Å². The van der Waals surface area contributed by atoms with Crippen LogP contribution >= 0.6 is 0 Å². The van der Waals surface area contributed by atoms with E-state index in [1.165, 1.54) is 19.9 Å². The molecule has 0 radical (unpaired) electrons. The molecule has 0 fully saturated rings. The van der Waals surface area contributed by atoms with Gasteiger partial charge in [0, 0.05) is 17.3 Å². The number of hydrogen-bond acceptors (Lipinski definition) is 4. The van der Waals surface area contributed by atoms with Gasteiger partial charge in [-0.05, 0) is 32.4 Å². The third-order valence-corrected chi connectivity index (χ3v) is 2.69. The minimum Gasteiger partial charge on any atom is -0.449 e. The van der Waals surface area contributed by atoms with Gasteiger partial charge < -0.3 is 10.1 Å². The van der Waals surface area contributed by atoms with E-state index in [0.717, 1.165) is 0 Å². The molecule has 1 aromatic rings. The lowest BCUT2D eigenvalue weighted by molar-refractivity contribution is -0.148. The lowest BCUT2D eigenvalue weighted by Crippen LogP contribution is -2.29. The van der Waals surface area contributed by atoms with Crippen molar-refractivity contribution in [2.45, 2.75) is 33.3 Å². The van der Waals surface area contributed by atoms with Crippen molar-refractivity contribution in [3.05, 3.63) is 42.0 Å². The van der Waals surface area contributed by atoms with Crippen LogP contribution in [0, 0.1) is 0 Å². The number of carbonyl (C=O) groups is 3. The topological polar surface area (TPSA) is 72.5 Å². The summed E-state index contributed by atoms with van der Waals surface area (Å²) in [6.45, 7) is 4.83. The first-order valence-electron chi connectivity index (χ1n) is 6.73. The van der Waals surface area contributed by atoms with Crippen LogP contribution in [0.1, 0.15) is 37.6 Å². The molecule has 1 amide bonds. The number of allylic oxidation sites excluding steroid dienone is 1. The first-order valence-corrected chi connectivity index (χ1v) is 6.73. The molecule has 0 unspecified atom stereocenters. The van der Waals surface area contributed by atoms with Crippen molar-refractivity contribution in [2.75, 3.05) is 5.32 Å². The molecule has 1 atom stereocenters. The number of ether oxygens (including phenoxy) is 1. The second-order valence-electron chi connectivity index (χ2n) is 4.52. The average molecular weight is 289 g/mol. The number of benzene rings is 1. The van der Waals surface area contributed by atoms with Gasteiger partial charge in [-0.15, -0.1) is 0 Å². The fourth-order valence-electron chi connectivity index (χ4n) is 1.54. The summed E-state index contributed by atoms with van der Waals surface area (Å²) in [5.41, 5.74) is 0.989. The Labute approximate surface area is 124 Å². The number of hydrogen-bond donors (Lipinski definition) is 1. The summed E-state index contributed by atoms with van der Waals surface area (Å²) in [7, 11) is 0. The van der Waals surface area contributed by atoms with Gasteiger partial charge in [-0.1, -0.05) is 25.1 Å². The predicted molar refractivity (Wildman–Crippen MR) is 80.1 cm³/mol. The molecule has 21 heavy (non-hydrogen) atoms. The Hall–Kier alpha value is -2.43. The van der Waals surface area contributed by atoms with E-state index in [4.69, 9.17) is 4.74 Å². The molecule has 5 nitrogen and oxygen atoms in total. The summed E-state index contributed by atoms with van der Waals surface area (Å²) >= 11 is 0. The molecule has 1 aromatic carbocycles. The minimum absolute atomic E-state index is 0.0877. The van der Waals surface area contributed by atoms with Crippen LogP contribution < -0.4 is 5.32 Å². The zero-order chi connectivity index (χ0) is 15.8. The summed E-state index contributed by atoms with van der Waals surface area (Å²) in [6.07, 6.45) is 2.75. The van der Waals surface area contributed by atoms with Crippen LogP contribution in [-0.2, 0) is 14.3 Å². The van der Waals surface area contributed by atoms with Gasteiger partial charge in [0.25, 0.3) is 5.91 Å². The summed E-state index contributed by atoms with van der Waals surface area (Å²) in [6, 6.07) is 6.58. The number of ketones is 1. The highest BCUT2D eigenvalue weighted by atomic mass is 16.5. The largest absolute Gasteiger partial charge is 0.449 e. The van der Waals surface area contributed by atoms with E-state index in [1.807, 2.05) is 6.92 Å². The van der Waals surface area contributed by atoms with Crippen LogP contribution in [0.5, 0.6) is 0 Å². The molecule has 1 N–H and O–H groups in total. The number of nitrogens with one attached hydrogen (secondary N) is 1. The Morgan fingerprint density at radius 3 is 2.67 bits per heavy atom. The molecule has 5 heteroatoms. The molecule has 0 bridgehead atoms. The maximum absolute atomic E-state index is 11.9. The number of esters is 1. The Morgan fingerprint density at radius 2 is 2.05 bits per heavy atom. The van der Waals surface area contributed by atoms with Gasteiger partial charge in [-0.2, -0.15) is 0 Å². The van der Waals surface area contributed by atoms with Crippen LogP contribution in [-0.4, -0.2) is 23.8 Å². The summed E-state index contributed by atoms with van der Waals surface area (Å²) in [4.78, 5) is 34.6. The van der Waals surface area contributed by atoms with Gasteiger partial charge in [0.15, 0.2) is 11.9 Å². The second-order valence-corrected chi connectivity index (χ2v) is 4.52. The molecule has 0 aliphatic heterocycles. The first-order chi connectivity index (χ1) is 9.93. The molecular formula is C16H19NO4. The summed E-state index contributed by atoms with van der Waals surface area (Å²) < 4.78 is 4.96. The van der Waals surface area contributed by atoms with Crippen molar-refractivity contribution in [1.29, 1.82) is 0 Å². The highest BCUT2D eigenvalue weighted by molar-refractivity contribution is 5.98. The van der Waals surface area contributed by atoms with Crippen molar-refractivity contribution in [3.63, 3.8) is 0 Å². The molecule has 0 aliphatic rings. The van der Waals surface area contributed by atoms with Gasteiger partial charge in [-0.25, -0.2) is 4.79 Å². The molecule has 0 spiro atoms. The average Bonchev–Trinajstić information content (AvgIpc) is 2.45. The predicted octanol–water partition coefficient (Wildman–Crippen LogP) is 2.73. The lowest BCUT2D eigenvalue weighted by Gasteiger charge is -2.12. The highest BCUT2D eigenvalue weighted by Crippen LogP contribution is 2.12. The van der Waals surface area contributed by atoms with Crippen LogP contribution in [0.2, 0.25) is 0 Å². The van der Waals surface area contributed by atoms with Crippen LogP contribution in [0.3, 0.4) is 0 Å². The number of carbonyl (C=O) groups excluding carboxylic acids is 3. The quantitative estimate of drug-likeness (QED) is 0.496. The lowest BCUT2D eigenvalue weighted by atomic mass is 10.1. The monoisotopic (exact) mass is 289 g/mol. The number of anilines is 1. The summed E-state index contributed by atoms with van der Waals surface area (Å²) in [5, 5.41) is 2.61. The van der Waals surface area contributed by atoms with Crippen molar-refractivity contribution >= 4 is 23.3 Å². The second kappa shape index (κ2) is 7.99. The maximum Gasteiger partial charge on any atom is 0.331 e. The Bertz CT molecular complexity index is 563. The number of rotatable bonds is 6. The molecule has 0 saturated heterocycles. The Kier molecular flexibility index (Phi) is 6.33. The first kappa shape index (κ1) is 16.6. The van der Waals surface area contributed by atoms with Crippen LogP contribution in [0.15, 0.2) is 36.4 Å². The van der Waals surface area contributed by atoms with Crippen LogP contribution in [0.4, 0.5) is 5.69 Å². The Balaban J connectivity index is 2.64. The third kappa shape index (κ3) is 5.60. The third-order valence-electron chi connectivity index (χ3n) is 2.69. The smallest absolute Gasteiger partial charge is 0.331 e. The van der Waals surface area contributed by atoms with Gasteiger partial charge in [0.05, 0.1) is 0 Å². The van der Waals surface area contributed by atoms with E-state index in [-0.39, 0.29) is 5.78 Å². The maximum atomic E-state index is 11.9. The highest BCUT2D eigenvalue weighted by Gasteiger charge is 2.16. The van der Waals surface area contributed by atoms with E-state index >= 15 is 0 Å². The molecular weight excluding hydrogens is 270 g/mol. The van der Waals surface area contributed by atoms with Gasteiger partial charge in [0.2, 0.25) is 0 Å². The summed E-state index contributed by atoms with van der Waals surface area (Å²) in [5.74, 6) is -1.10. The van der Waals surface area contributed by atoms with E-state index in [0.29, 0.717) is 17.7 Å². The SMILES string of the molecule is CC/C=C/C(=O)O[C@@H](C)C(=O)Nc1cccc(C(C)=O)c1. The zero-order valence-electron chi connectivity index (χ0n) is 12.4. The zero-order valence-corrected chi connectivity index (χ0v) is 12.4. The van der Waals surface area contributed by atoms with Crippen molar-refractivity contribution in [1.82, 2.24) is 0 Å². The van der Waals surface area contributed by atoms with Gasteiger partial charge in [0.1, 0.15) is 0 Å². The van der Waals surface area contributed by atoms with Gasteiger partial charge >= 0.3 is 5.97 Å². The number of Topliss-reactive ketones (excluding diaryl/α,β-unsaturated/α-hetero) is 1. The molecule has 0 aromatic heterocycles. The molecule has 0 heterocycles. The van der Waals surface area contributed by atoms with E-state index in [2.05, 4.69) is 5.32 Å². The molecule has 0 aliphatic carbocycles. The molecule has 0 saturated carbocycles. The van der Waals surface area contributed by atoms with Crippen molar-refractivity contribution in [2.24, 2.45) is 0 Å². The minimum atomic E-state index is -0.917. The fraction of sp³-hybridized carbons (Fsp3) is 0.312.